The summed E-state index contributed by atoms with van der Waals surface area (Å²) in [5.41, 5.74) is 2.54. The Hall–Kier alpha value is -2.89. The summed E-state index contributed by atoms with van der Waals surface area (Å²) in [4.78, 5) is 26.6. The molecule has 0 bridgehead atoms. The highest BCUT2D eigenvalue weighted by Gasteiger charge is 2.10. The number of benzene rings is 1. The van der Waals surface area contributed by atoms with Crippen LogP contribution in [-0.2, 0) is 17.8 Å². The smallest absolute Gasteiger partial charge is 0.421 e. The van der Waals surface area contributed by atoms with Gasteiger partial charge in [0.15, 0.2) is 11.2 Å². The molecule has 0 fully saturated rings. The number of carbonyl (C=O) groups is 1. The summed E-state index contributed by atoms with van der Waals surface area (Å²) in [6, 6.07) is 10.5. The molecule has 0 spiro atoms. The van der Waals surface area contributed by atoms with Crippen molar-refractivity contribution in [2.45, 2.75) is 13.0 Å². The number of hydrogen-bond acceptors (Lipinski definition) is 4. The highest BCUT2D eigenvalue weighted by atomic mass is 16.4. The van der Waals surface area contributed by atoms with Gasteiger partial charge in [0.2, 0.25) is 0 Å². The fourth-order valence-corrected chi connectivity index (χ4v) is 2.16. The van der Waals surface area contributed by atoms with Crippen molar-refractivity contribution < 1.29 is 14.3 Å². The second-order valence-corrected chi connectivity index (χ2v) is 4.67. The maximum absolute atomic E-state index is 11.8. The molecule has 6 heteroatoms. The number of aromatic nitrogens is 2. The maximum Gasteiger partial charge on any atom is 0.421 e. The van der Waals surface area contributed by atoms with E-state index in [2.05, 4.69) is 4.98 Å². The summed E-state index contributed by atoms with van der Waals surface area (Å²) in [6.45, 7) is 0.330. The summed E-state index contributed by atoms with van der Waals surface area (Å²) >= 11 is 0. The molecule has 0 aliphatic heterocycles. The molecule has 0 radical (unpaired) electrons. The van der Waals surface area contributed by atoms with Crippen molar-refractivity contribution in [3.63, 3.8) is 0 Å². The Morgan fingerprint density at radius 3 is 2.62 bits per heavy atom. The van der Waals surface area contributed by atoms with Gasteiger partial charge < -0.3 is 9.52 Å². The molecule has 3 aromatic rings. The first kappa shape index (κ1) is 13.1. The molecule has 2 heterocycles. The second kappa shape index (κ2) is 5.24. The van der Waals surface area contributed by atoms with Gasteiger partial charge >= 0.3 is 11.7 Å². The zero-order chi connectivity index (χ0) is 14.8. The molecule has 6 nitrogen and oxygen atoms in total. The fraction of sp³-hybridized carbons (Fsp3) is 0.133. The number of hydrogen-bond donors (Lipinski definition) is 1. The number of carboxylic acid groups (broad SMARTS) is 1. The average Bonchev–Trinajstić information content (AvgIpc) is 2.77. The van der Waals surface area contributed by atoms with Gasteiger partial charge in [-0.25, -0.2) is 9.78 Å². The number of fused-ring (bicyclic) bond motifs is 1. The van der Waals surface area contributed by atoms with Crippen molar-refractivity contribution >= 4 is 17.2 Å². The highest BCUT2D eigenvalue weighted by Crippen LogP contribution is 2.12. The first-order valence-corrected chi connectivity index (χ1v) is 6.37. The molecule has 0 amide bonds. The van der Waals surface area contributed by atoms with Crippen molar-refractivity contribution in [3.8, 4) is 0 Å². The number of pyridine rings is 1. The molecular formula is C15H12N2O4. The minimum Gasteiger partial charge on any atom is -0.481 e. The van der Waals surface area contributed by atoms with Crippen LogP contribution in [0.3, 0.4) is 0 Å². The van der Waals surface area contributed by atoms with Crippen molar-refractivity contribution in [1.29, 1.82) is 0 Å². The van der Waals surface area contributed by atoms with E-state index >= 15 is 0 Å². The normalized spacial score (nSPS) is 10.9. The molecule has 0 atom stereocenters. The lowest BCUT2D eigenvalue weighted by molar-refractivity contribution is -0.136. The van der Waals surface area contributed by atoms with Crippen molar-refractivity contribution in [2.24, 2.45) is 0 Å². The van der Waals surface area contributed by atoms with Gasteiger partial charge in [-0.15, -0.1) is 0 Å². The summed E-state index contributed by atoms with van der Waals surface area (Å²) in [6.07, 6.45) is 1.58. The lowest BCUT2D eigenvalue weighted by Crippen LogP contribution is -2.15. The van der Waals surface area contributed by atoms with Gasteiger partial charge in [-0.2, -0.15) is 0 Å². The standard InChI is InChI=1S/C15H12N2O4/c18-13(19)8-10-3-5-11(6-4-10)9-17-14-12(21-15(17)20)2-1-7-16-14/h1-7H,8-9H2,(H,18,19). The van der Waals surface area contributed by atoms with Gasteiger partial charge in [0.05, 0.1) is 13.0 Å². The van der Waals surface area contributed by atoms with Crippen LogP contribution in [0.5, 0.6) is 0 Å². The first-order valence-electron chi connectivity index (χ1n) is 6.37. The Labute approximate surface area is 119 Å². The lowest BCUT2D eigenvalue weighted by Gasteiger charge is -2.03. The summed E-state index contributed by atoms with van der Waals surface area (Å²) in [5, 5.41) is 8.73. The highest BCUT2D eigenvalue weighted by molar-refractivity contribution is 5.70. The van der Waals surface area contributed by atoms with Crippen LogP contribution in [0.1, 0.15) is 11.1 Å². The molecule has 3 rings (SSSR count). The predicted octanol–water partition coefficient (Wildman–Crippen LogP) is 1.66. The third kappa shape index (κ3) is 2.69. The van der Waals surface area contributed by atoms with E-state index in [0.29, 0.717) is 23.3 Å². The molecule has 0 aliphatic carbocycles. The van der Waals surface area contributed by atoms with E-state index in [9.17, 15) is 9.59 Å². The predicted molar refractivity (Wildman–Crippen MR) is 75.2 cm³/mol. The quantitative estimate of drug-likeness (QED) is 0.787. The van der Waals surface area contributed by atoms with E-state index in [1.807, 2.05) is 0 Å². The van der Waals surface area contributed by atoms with Gasteiger partial charge in [0, 0.05) is 6.20 Å². The second-order valence-electron chi connectivity index (χ2n) is 4.67. The number of carboxylic acids is 1. The van der Waals surface area contributed by atoms with Crippen LogP contribution >= 0.6 is 0 Å². The van der Waals surface area contributed by atoms with Crippen LogP contribution in [0.25, 0.3) is 11.2 Å². The monoisotopic (exact) mass is 284 g/mol. The Morgan fingerprint density at radius 2 is 1.90 bits per heavy atom. The molecule has 1 N–H and O–H groups in total. The Morgan fingerprint density at radius 1 is 1.19 bits per heavy atom. The third-order valence-corrected chi connectivity index (χ3v) is 3.14. The van der Waals surface area contributed by atoms with E-state index in [4.69, 9.17) is 9.52 Å². The topological polar surface area (TPSA) is 85.3 Å². The SMILES string of the molecule is O=C(O)Cc1ccc(Cn2c(=O)oc3cccnc32)cc1. The molecule has 0 saturated carbocycles. The van der Waals surface area contributed by atoms with Crippen LogP contribution < -0.4 is 5.76 Å². The van der Waals surface area contributed by atoms with E-state index in [0.717, 1.165) is 5.56 Å². The third-order valence-electron chi connectivity index (χ3n) is 3.14. The average molecular weight is 284 g/mol. The summed E-state index contributed by atoms with van der Waals surface area (Å²) in [7, 11) is 0. The van der Waals surface area contributed by atoms with Crippen molar-refractivity contribution in [3.05, 3.63) is 64.3 Å². The Balaban J connectivity index is 1.90. The van der Waals surface area contributed by atoms with E-state index in [1.165, 1.54) is 4.57 Å². The summed E-state index contributed by atoms with van der Waals surface area (Å²) in [5.74, 6) is -1.33. The molecule has 21 heavy (non-hydrogen) atoms. The zero-order valence-corrected chi connectivity index (χ0v) is 11.0. The largest absolute Gasteiger partial charge is 0.481 e. The van der Waals surface area contributed by atoms with Gasteiger partial charge in [0.1, 0.15) is 0 Å². The molecule has 2 aromatic heterocycles. The number of aliphatic carboxylic acids is 1. The summed E-state index contributed by atoms with van der Waals surface area (Å²) < 4.78 is 6.56. The van der Waals surface area contributed by atoms with Crippen LogP contribution in [0.15, 0.2) is 51.8 Å². The van der Waals surface area contributed by atoms with E-state index < -0.39 is 11.7 Å². The van der Waals surface area contributed by atoms with E-state index in [1.54, 1.807) is 42.6 Å². The minimum atomic E-state index is -0.871. The van der Waals surface area contributed by atoms with Crippen LogP contribution in [0.4, 0.5) is 0 Å². The molecule has 0 aliphatic rings. The number of nitrogens with zero attached hydrogens (tertiary/aromatic N) is 2. The number of rotatable bonds is 4. The maximum atomic E-state index is 11.8. The molecule has 0 saturated heterocycles. The van der Waals surface area contributed by atoms with Gasteiger partial charge in [0.25, 0.3) is 0 Å². The van der Waals surface area contributed by atoms with Crippen LogP contribution in [0.2, 0.25) is 0 Å². The van der Waals surface area contributed by atoms with Gasteiger partial charge in [-0.1, -0.05) is 24.3 Å². The van der Waals surface area contributed by atoms with Gasteiger partial charge in [-0.3, -0.25) is 9.36 Å². The fourth-order valence-electron chi connectivity index (χ4n) is 2.16. The Kier molecular flexibility index (Phi) is 3.27. The number of oxazole rings is 1. The molecule has 0 unspecified atom stereocenters. The minimum absolute atomic E-state index is 0.0174. The Bertz CT molecular complexity index is 846. The van der Waals surface area contributed by atoms with Crippen LogP contribution in [0, 0.1) is 0 Å². The molecule has 106 valence electrons. The molecular weight excluding hydrogens is 272 g/mol. The lowest BCUT2D eigenvalue weighted by atomic mass is 10.1. The van der Waals surface area contributed by atoms with E-state index in [-0.39, 0.29) is 6.42 Å². The van der Waals surface area contributed by atoms with Crippen LogP contribution in [-0.4, -0.2) is 20.6 Å². The zero-order valence-electron chi connectivity index (χ0n) is 11.0. The first-order chi connectivity index (χ1) is 10.1. The van der Waals surface area contributed by atoms with Crippen molar-refractivity contribution in [1.82, 2.24) is 9.55 Å². The van der Waals surface area contributed by atoms with Gasteiger partial charge in [-0.05, 0) is 23.3 Å². The van der Waals surface area contributed by atoms with Crippen molar-refractivity contribution in [2.75, 3.05) is 0 Å². The molecule has 1 aromatic carbocycles.